The minimum atomic E-state index is -0.845. The van der Waals surface area contributed by atoms with E-state index in [1.54, 1.807) is 12.1 Å². The first kappa shape index (κ1) is 15.5. The molecule has 0 heterocycles. The highest BCUT2D eigenvalue weighted by atomic mass is 16.4. The predicted molar refractivity (Wildman–Crippen MR) is 75.2 cm³/mol. The predicted octanol–water partition coefficient (Wildman–Crippen LogP) is 2.93. The molecule has 0 saturated heterocycles. The number of phenolic OH excluding ortho intramolecular Hbond substituents is 1. The Bertz CT molecular complexity index is 418. The molecule has 4 heteroatoms. The van der Waals surface area contributed by atoms with Crippen LogP contribution in [0, 0.1) is 5.92 Å². The molecule has 0 saturated carbocycles. The summed E-state index contributed by atoms with van der Waals surface area (Å²) < 4.78 is 0. The summed E-state index contributed by atoms with van der Waals surface area (Å²) in [4.78, 5) is 11.3. The van der Waals surface area contributed by atoms with Crippen molar-refractivity contribution in [2.75, 3.05) is 0 Å². The highest BCUT2D eigenvalue weighted by Gasteiger charge is 2.23. The Morgan fingerprint density at radius 1 is 1.32 bits per heavy atom. The molecular weight excluding hydrogens is 242 g/mol. The largest absolute Gasteiger partial charge is 0.508 e. The Labute approximate surface area is 114 Å². The molecule has 2 unspecified atom stereocenters. The number of carboxylic acid groups (broad SMARTS) is 1. The molecule has 0 bridgehead atoms. The lowest BCUT2D eigenvalue weighted by Crippen LogP contribution is -2.40. The Morgan fingerprint density at radius 3 is 2.42 bits per heavy atom. The van der Waals surface area contributed by atoms with Crippen molar-refractivity contribution in [2.24, 2.45) is 5.92 Å². The summed E-state index contributed by atoms with van der Waals surface area (Å²) >= 11 is 0. The molecule has 0 fully saturated rings. The van der Waals surface area contributed by atoms with Gasteiger partial charge in [-0.05, 0) is 24.8 Å². The van der Waals surface area contributed by atoms with Crippen LogP contribution in [0.5, 0.6) is 5.75 Å². The molecule has 0 radical (unpaired) electrons. The second-order valence-electron chi connectivity index (χ2n) is 5.21. The quantitative estimate of drug-likeness (QED) is 0.709. The zero-order chi connectivity index (χ0) is 14.4. The van der Waals surface area contributed by atoms with Crippen molar-refractivity contribution in [2.45, 2.75) is 45.7 Å². The lowest BCUT2D eigenvalue weighted by atomic mass is 9.99. The Hall–Kier alpha value is -1.55. The van der Waals surface area contributed by atoms with Gasteiger partial charge in [-0.15, -0.1) is 0 Å². The normalized spacial score (nSPS) is 14.3. The second kappa shape index (κ2) is 7.14. The average molecular weight is 265 g/mol. The van der Waals surface area contributed by atoms with Gasteiger partial charge in [0.15, 0.2) is 0 Å². The fraction of sp³-hybridized carbons (Fsp3) is 0.533. The van der Waals surface area contributed by atoms with E-state index in [9.17, 15) is 15.0 Å². The van der Waals surface area contributed by atoms with Crippen molar-refractivity contribution >= 4 is 5.97 Å². The zero-order valence-corrected chi connectivity index (χ0v) is 11.8. The standard InChI is InChI=1S/C15H23NO3/c1-4-12(11-7-5-6-8-14(11)17)16-13(15(18)19)9-10(2)3/h5-8,10,12-13,16-17H,4,9H2,1-3H3,(H,18,19). The van der Waals surface area contributed by atoms with E-state index >= 15 is 0 Å². The highest BCUT2D eigenvalue weighted by molar-refractivity contribution is 5.73. The van der Waals surface area contributed by atoms with E-state index in [2.05, 4.69) is 5.32 Å². The Morgan fingerprint density at radius 2 is 1.95 bits per heavy atom. The number of aromatic hydroxyl groups is 1. The number of phenols is 1. The van der Waals surface area contributed by atoms with Crippen molar-refractivity contribution in [1.29, 1.82) is 0 Å². The Kier molecular flexibility index (Phi) is 5.83. The maximum Gasteiger partial charge on any atom is 0.320 e. The number of aliphatic carboxylic acids is 1. The monoisotopic (exact) mass is 265 g/mol. The summed E-state index contributed by atoms with van der Waals surface area (Å²) in [5, 5.41) is 22.2. The van der Waals surface area contributed by atoms with E-state index < -0.39 is 12.0 Å². The molecule has 0 aliphatic heterocycles. The molecule has 0 aliphatic carbocycles. The topological polar surface area (TPSA) is 69.6 Å². The van der Waals surface area contributed by atoms with Gasteiger partial charge < -0.3 is 10.2 Å². The lowest BCUT2D eigenvalue weighted by Gasteiger charge is -2.24. The van der Waals surface area contributed by atoms with Gasteiger partial charge in [-0.2, -0.15) is 0 Å². The van der Waals surface area contributed by atoms with Crippen LogP contribution in [0.15, 0.2) is 24.3 Å². The SMILES string of the molecule is CCC(NC(CC(C)C)C(=O)O)c1ccccc1O. The fourth-order valence-corrected chi connectivity index (χ4v) is 2.16. The van der Waals surface area contributed by atoms with Gasteiger partial charge in [0.2, 0.25) is 0 Å². The van der Waals surface area contributed by atoms with Crippen LogP contribution in [0.3, 0.4) is 0 Å². The number of para-hydroxylation sites is 1. The van der Waals surface area contributed by atoms with E-state index in [-0.39, 0.29) is 11.8 Å². The number of hydrogen-bond acceptors (Lipinski definition) is 3. The molecule has 0 spiro atoms. The van der Waals surface area contributed by atoms with E-state index in [0.717, 1.165) is 12.0 Å². The first-order chi connectivity index (χ1) is 8.95. The number of rotatable bonds is 7. The third kappa shape index (κ3) is 4.56. The maximum absolute atomic E-state index is 11.3. The van der Waals surface area contributed by atoms with Gasteiger partial charge >= 0.3 is 5.97 Å². The molecule has 19 heavy (non-hydrogen) atoms. The van der Waals surface area contributed by atoms with Gasteiger partial charge in [0.1, 0.15) is 11.8 Å². The molecule has 4 nitrogen and oxygen atoms in total. The molecule has 0 aromatic heterocycles. The van der Waals surface area contributed by atoms with Gasteiger partial charge in [-0.3, -0.25) is 10.1 Å². The summed E-state index contributed by atoms with van der Waals surface area (Å²) in [6.07, 6.45) is 1.29. The minimum Gasteiger partial charge on any atom is -0.508 e. The van der Waals surface area contributed by atoms with Gasteiger partial charge in [-0.25, -0.2) is 0 Å². The van der Waals surface area contributed by atoms with E-state index in [1.807, 2.05) is 32.9 Å². The third-order valence-corrected chi connectivity index (χ3v) is 3.13. The molecule has 106 valence electrons. The van der Waals surface area contributed by atoms with Gasteiger partial charge in [0, 0.05) is 11.6 Å². The third-order valence-electron chi connectivity index (χ3n) is 3.13. The fourth-order valence-electron chi connectivity index (χ4n) is 2.16. The number of carboxylic acids is 1. The minimum absolute atomic E-state index is 0.152. The lowest BCUT2D eigenvalue weighted by molar-refractivity contribution is -0.140. The van der Waals surface area contributed by atoms with Crippen LogP contribution in [0.25, 0.3) is 0 Å². The van der Waals surface area contributed by atoms with Gasteiger partial charge in [0.05, 0.1) is 0 Å². The van der Waals surface area contributed by atoms with Crippen LogP contribution in [0.1, 0.15) is 45.2 Å². The highest BCUT2D eigenvalue weighted by Crippen LogP contribution is 2.26. The van der Waals surface area contributed by atoms with E-state index in [0.29, 0.717) is 12.3 Å². The molecule has 0 aliphatic rings. The number of hydrogen-bond donors (Lipinski definition) is 3. The van der Waals surface area contributed by atoms with Crippen LogP contribution in [-0.2, 0) is 4.79 Å². The first-order valence-electron chi connectivity index (χ1n) is 6.72. The molecule has 3 N–H and O–H groups in total. The molecule has 2 atom stereocenters. The molecule has 1 aromatic carbocycles. The smallest absolute Gasteiger partial charge is 0.320 e. The summed E-state index contributed by atoms with van der Waals surface area (Å²) in [5.41, 5.74) is 0.750. The van der Waals surface area contributed by atoms with Crippen molar-refractivity contribution < 1.29 is 15.0 Å². The zero-order valence-electron chi connectivity index (χ0n) is 11.8. The molecule has 1 rings (SSSR count). The van der Waals surface area contributed by atoms with Crippen LogP contribution in [0.2, 0.25) is 0 Å². The van der Waals surface area contributed by atoms with Crippen molar-refractivity contribution in [3.8, 4) is 5.75 Å². The number of carbonyl (C=O) groups is 1. The summed E-state index contributed by atoms with van der Waals surface area (Å²) in [6, 6.07) is 6.31. The van der Waals surface area contributed by atoms with Crippen molar-refractivity contribution in [1.82, 2.24) is 5.32 Å². The van der Waals surface area contributed by atoms with Gasteiger partial charge in [0.25, 0.3) is 0 Å². The summed E-state index contributed by atoms with van der Waals surface area (Å²) in [6.45, 7) is 5.97. The van der Waals surface area contributed by atoms with Crippen LogP contribution >= 0.6 is 0 Å². The molecular formula is C15H23NO3. The molecule has 0 amide bonds. The number of nitrogens with one attached hydrogen (secondary N) is 1. The van der Waals surface area contributed by atoms with Crippen molar-refractivity contribution in [3.63, 3.8) is 0 Å². The van der Waals surface area contributed by atoms with E-state index in [4.69, 9.17) is 0 Å². The maximum atomic E-state index is 11.3. The summed E-state index contributed by atoms with van der Waals surface area (Å²) in [7, 11) is 0. The second-order valence-corrected chi connectivity index (χ2v) is 5.21. The molecule has 1 aromatic rings. The van der Waals surface area contributed by atoms with Crippen LogP contribution < -0.4 is 5.32 Å². The van der Waals surface area contributed by atoms with Gasteiger partial charge in [-0.1, -0.05) is 39.0 Å². The Balaban J connectivity index is 2.85. The van der Waals surface area contributed by atoms with Crippen LogP contribution in [-0.4, -0.2) is 22.2 Å². The number of benzene rings is 1. The van der Waals surface area contributed by atoms with Crippen LogP contribution in [0.4, 0.5) is 0 Å². The van der Waals surface area contributed by atoms with Crippen molar-refractivity contribution in [3.05, 3.63) is 29.8 Å². The van der Waals surface area contributed by atoms with E-state index in [1.165, 1.54) is 0 Å². The summed E-state index contributed by atoms with van der Waals surface area (Å²) in [5.74, 6) is -0.339. The average Bonchev–Trinajstić information content (AvgIpc) is 2.35. The first-order valence-corrected chi connectivity index (χ1v) is 6.72.